The van der Waals surface area contributed by atoms with E-state index in [1.54, 1.807) is 11.5 Å². The number of hydrogen-bond acceptors (Lipinski definition) is 3. The van der Waals surface area contributed by atoms with Gasteiger partial charge in [-0.05, 0) is 50.7 Å². The molecule has 0 amide bonds. The molecular formula is C18H20FNO2S. The first-order chi connectivity index (χ1) is 11.1. The average molecular weight is 333 g/mol. The highest BCUT2D eigenvalue weighted by molar-refractivity contribution is 7.92. The Labute approximate surface area is 138 Å². The number of rotatable bonds is 1. The molecule has 4 rings (SSSR count). The maximum Gasteiger partial charge on any atom is 0.128 e. The van der Waals surface area contributed by atoms with Crippen molar-refractivity contribution in [3.63, 3.8) is 0 Å². The van der Waals surface area contributed by atoms with E-state index in [4.69, 9.17) is 4.74 Å². The number of allylic oxidation sites excluding steroid dienone is 1. The summed E-state index contributed by atoms with van der Waals surface area (Å²) in [6.07, 6.45) is 4.50. The van der Waals surface area contributed by atoms with Crippen molar-refractivity contribution in [3.8, 4) is 5.75 Å². The molecule has 122 valence electrons. The zero-order chi connectivity index (χ0) is 16.0. The monoisotopic (exact) mass is 333 g/mol. The highest BCUT2D eigenvalue weighted by Crippen LogP contribution is 2.39. The second-order valence-corrected chi connectivity index (χ2v) is 7.95. The van der Waals surface area contributed by atoms with Gasteiger partial charge in [0.25, 0.3) is 0 Å². The lowest BCUT2D eigenvalue weighted by molar-refractivity contribution is 0.111. The molecule has 3 aliphatic rings. The van der Waals surface area contributed by atoms with Crippen molar-refractivity contribution >= 4 is 10.8 Å². The fourth-order valence-electron chi connectivity index (χ4n) is 3.69. The van der Waals surface area contributed by atoms with Gasteiger partial charge in [0.1, 0.15) is 17.7 Å². The van der Waals surface area contributed by atoms with Gasteiger partial charge in [-0.3, -0.25) is 0 Å². The van der Waals surface area contributed by atoms with Crippen LogP contribution in [0.15, 0.2) is 40.2 Å². The summed E-state index contributed by atoms with van der Waals surface area (Å²) in [5, 5.41) is 1.75. The molecule has 1 aromatic rings. The third kappa shape index (κ3) is 2.76. The van der Waals surface area contributed by atoms with Crippen molar-refractivity contribution in [2.24, 2.45) is 5.92 Å². The predicted molar refractivity (Wildman–Crippen MR) is 89.0 cm³/mol. The van der Waals surface area contributed by atoms with Gasteiger partial charge in [-0.2, -0.15) is 0 Å². The van der Waals surface area contributed by atoms with Crippen LogP contribution in [-0.2, 0) is 17.2 Å². The normalized spacial score (nSPS) is 28.3. The van der Waals surface area contributed by atoms with Crippen molar-refractivity contribution < 1.29 is 13.3 Å². The molecule has 2 unspecified atom stereocenters. The fourth-order valence-corrected chi connectivity index (χ4v) is 4.84. The Morgan fingerprint density at radius 2 is 2.09 bits per heavy atom. The van der Waals surface area contributed by atoms with Gasteiger partial charge in [0.05, 0.1) is 10.8 Å². The van der Waals surface area contributed by atoms with Crippen molar-refractivity contribution in [3.05, 3.63) is 51.5 Å². The number of halogens is 1. The van der Waals surface area contributed by atoms with E-state index in [-0.39, 0.29) is 11.9 Å². The van der Waals surface area contributed by atoms with Crippen LogP contribution in [0.4, 0.5) is 4.39 Å². The minimum atomic E-state index is -1.08. The summed E-state index contributed by atoms with van der Waals surface area (Å²) in [7, 11) is 1.05. The molecule has 5 heteroatoms. The Morgan fingerprint density at radius 1 is 1.30 bits per heavy atom. The van der Waals surface area contributed by atoms with Crippen molar-refractivity contribution in [1.82, 2.24) is 4.90 Å². The van der Waals surface area contributed by atoms with E-state index < -0.39 is 10.8 Å². The zero-order valence-electron chi connectivity index (χ0n) is 13.1. The maximum absolute atomic E-state index is 13.6. The molecule has 1 fully saturated rings. The fraction of sp³-hybridized carbons (Fsp3) is 0.444. The zero-order valence-corrected chi connectivity index (χ0v) is 13.9. The lowest BCUT2D eigenvalue weighted by Crippen LogP contribution is -2.38. The Morgan fingerprint density at radius 3 is 2.87 bits per heavy atom. The standard InChI is InChI=1S/C18H20FNO2S/c1-20-7-4-12(5-8-20)18-15-6-9-23(21)17(15)10-13-2-3-14(19)11-16(13)22-18/h2-3,6,9,11-12,18H,4-5,7-8,10H2,1H3. The second kappa shape index (κ2) is 5.87. The van der Waals surface area contributed by atoms with Crippen LogP contribution < -0.4 is 4.74 Å². The number of piperidine rings is 1. The first kappa shape index (κ1) is 15.1. The molecule has 0 bridgehead atoms. The number of hydrogen-bond donors (Lipinski definition) is 0. The molecule has 0 saturated carbocycles. The van der Waals surface area contributed by atoms with E-state index in [0.717, 1.165) is 42.0 Å². The molecule has 3 aliphatic heterocycles. The van der Waals surface area contributed by atoms with E-state index in [2.05, 4.69) is 11.9 Å². The van der Waals surface area contributed by atoms with Crippen LogP contribution in [0.25, 0.3) is 0 Å². The number of benzene rings is 1. The molecule has 2 atom stereocenters. The molecule has 1 saturated heterocycles. The third-order valence-corrected chi connectivity index (χ3v) is 6.32. The summed E-state index contributed by atoms with van der Waals surface area (Å²) in [5.74, 6) is 0.698. The first-order valence-corrected chi connectivity index (χ1v) is 9.28. The number of nitrogens with zero attached hydrogens (tertiary/aromatic N) is 1. The van der Waals surface area contributed by atoms with Gasteiger partial charge < -0.3 is 9.64 Å². The van der Waals surface area contributed by atoms with E-state index in [9.17, 15) is 8.60 Å². The Balaban J connectivity index is 1.73. The van der Waals surface area contributed by atoms with Crippen LogP contribution in [0.5, 0.6) is 5.75 Å². The highest BCUT2D eigenvalue weighted by Gasteiger charge is 2.36. The molecule has 3 nitrogen and oxygen atoms in total. The Hall–Kier alpha value is -1.46. The molecule has 0 aromatic heterocycles. The van der Waals surface area contributed by atoms with Gasteiger partial charge in [0.15, 0.2) is 0 Å². The summed E-state index contributed by atoms with van der Waals surface area (Å²) in [6.45, 7) is 2.08. The van der Waals surface area contributed by atoms with Crippen LogP contribution in [0, 0.1) is 11.7 Å². The summed E-state index contributed by atoms with van der Waals surface area (Å²) in [5.41, 5.74) is 1.97. The van der Waals surface area contributed by atoms with Crippen molar-refractivity contribution in [1.29, 1.82) is 0 Å². The molecule has 3 heterocycles. The maximum atomic E-state index is 13.6. The number of ether oxygens (including phenoxy) is 1. The van der Waals surface area contributed by atoms with Gasteiger partial charge in [-0.1, -0.05) is 6.07 Å². The minimum Gasteiger partial charge on any atom is -0.485 e. The van der Waals surface area contributed by atoms with Crippen LogP contribution in [0.1, 0.15) is 18.4 Å². The van der Waals surface area contributed by atoms with Gasteiger partial charge in [-0.15, -0.1) is 0 Å². The predicted octanol–water partition coefficient (Wildman–Crippen LogP) is 3.00. The molecule has 0 spiro atoms. The van der Waals surface area contributed by atoms with Crippen LogP contribution >= 0.6 is 0 Å². The van der Waals surface area contributed by atoms with Gasteiger partial charge in [0, 0.05) is 34.3 Å². The van der Waals surface area contributed by atoms with Crippen LogP contribution in [0.2, 0.25) is 0 Å². The summed E-state index contributed by atoms with van der Waals surface area (Å²) < 4.78 is 32.3. The Kier molecular flexibility index (Phi) is 3.85. The van der Waals surface area contributed by atoms with Crippen molar-refractivity contribution in [2.45, 2.75) is 25.4 Å². The molecule has 0 radical (unpaired) electrons. The molecule has 1 aromatic carbocycles. The first-order valence-electron chi connectivity index (χ1n) is 8.07. The summed E-state index contributed by atoms with van der Waals surface area (Å²) >= 11 is 0. The van der Waals surface area contributed by atoms with Gasteiger partial charge in [0.2, 0.25) is 0 Å². The molecule has 0 aliphatic carbocycles. The molecule has 0 N–H and O–H groups in total. The quantitative estimate of drug-likeness (QED) is 0.791. The second-order valence-electron chi connectivity index (χ2n) is 6.59. The SMILES string of the molecule is CN1CCC(C2Oc3cc(F)ccc3CC3=C2C=CS3=O)CC1. The Bertz CT molecular complexity index is 720. The third-order valence-electron chi connectivity index (χ3n) is 5.07. The molecule has 23 heavy (non-hydrogen) atoms. The van der Waals surface area contributed by atoms with Crippen molar-refractivity contribution in [2.75, 3.05) is 20.1 Å². The lowest BCUT2D eigenvalue weighted by atomic mass is 9.87. The molecular weight excluding hydrogens is 313 g/mol. The van der Waals surface area contributed by atoms with E-state index >= 15 is 0 Å². The van der Waals surface area contributed by atoms with E-state index in [0.29, 0.717) is 18.1 Å². The topological polar surface area (TPSA) is 29.5 Å². The van der Waals surface area contributed by atoms with E-state index in [1.165, 1.54) is 12.1 Å². The van der Waals surface area contributed by atoms with Gasteiger partial charge in [-0.25, -0.2) is 8.60 Å². The minimum absolute atomic E-state index is 0.121. The largest absolute Gasteiger partial charge is 0.485 e. The van der Waals surface area contributed by atoms with Gasteiger partial charge >= 0.3 is 0 Å². The summed E-state index contributed by atoms with van der Waals surface area (Å²) in [6, 6.07) is 4.66. The van der Waals surface area contributed by atoms with Crippen LogP contribution in [0.3, 0.4) is 0 Å². The lowest BCUT2D eigenvalue weighted by Gasteiger charge is -2.34. The average Bonchev–Trinajstić information content (AvgIpc) is 2.80. The number of likely N-dealkylation sites (tertiary alicyclic amines) is 1. The number of fused-ring (bicyclic) bond motifs is 1. The van der Waals surface area contributed by atoms with Crippen LogP contribution in [-0.4, -0.2) is 35.3 Å². The smallest absolute Gasteiger partial charge is 0.128 e. The summed E-state index contributed by atoms with van der Waals surface area (Å²) in [4.78, 5) is 3.25. The highest BCUT2D eigenvalue weighted by atomic mass is 32.2. The van der Waals surface area contributed by atoms with E-state index in [1.807, 2.05) is 6.08 Å².